The van der Waals surface area contributed by atoms with Crippen LogP contribution in [0.3, 0.4) is 0 Å². The number of nitrogens with zero attached hydrogens (tertiary/aromatic N) is 1. The number of aromatic nitrogens is 1. The van der Waals surface area contributed by atoms with Crippen molar-refractivity contribution in [2.45, 2.75) is 27.2 Å². The van der Waals surface area contributed by atoms with Crippen molar-refractivity contribution in [3.63, 3.8) is 0 Å². The molecule has 1 aromatic heterocycles. The van der Waals surface area contributed by atoms with Gasteiger partial charge in [0.05, 0.1) is 18.4 Å². The first kappa shape index (κ1) is 13.7. The van der Waals surface area contributed by atoms with Crippen LogP contribution in [0.15, 0.2) is 18.2 Å². The van der Waals surface area contributed by atoms with Crippen LogP contribution in [-0.2, 0) is 11.2 Å². The lowest BCUT2D eigenvalue weighted by Gasteiger charge is -2.06. The molecule has 0 saturated heterocycles. The standard InChI is InChI=1S/C15H17NO2S/c1-9-5-6-13(18-4)12(7-9)15-16-11(3)14(19-15)8-10(2)17/h5-7H,8H2,1-4H3. The number of Topliss-reactive ketones (excluding diaryl/α,β-unsaturated/α-hetero) is 1. The second-order valence-corrected chi connectivity index (χ2v) is 5.69. The number of thiazole rings is 1. The number of benzene rings is 1. The average Bonchev–Trinajstić information content (AvgIpc) is 2.70. The summed E-state index contributed by atoms with van der Waals surface area (Å²) in [7, 11) is 1.66. The van der Waals surface area contributed by atoms with Crippen LogP contribution in [0.5, 0.6) is 5.75 Å². The number of hydrogen-bond donors (Lipinski definition) is 0. The van der Waals surface area contributed by atoms with Gasteiger partial charge in [0.25, 0.3) is 0 Å². The molecular formula is C15H17NO2S. The van der Waals surface area contributed by atoms with Crippen LogP contribution < -0.4 is 4.74 Å². The first-order valence-corrected chi connectivity index (χ1v) is 6.93. The van der Waals surface area contributed by atoms with E-state index in [0.29, 0.717) is 6.42 Å². The Morgan fingerprint density at radius 2 is 2.11 bits per heavy atom. The van der Waals surface area contributed by atoms with E-state index in [1.54, 1.807) is 25.4 Å². The molecule has 3 nitrogen and oxygen atoms in total. The summed E-state index contributed by atoms with van der Waals surface area (Å²) in [5.41, 5.74) is 3.08. The smallest absolute Gasteiger partial charge is 0.135 e. The number of aryl methyl sites for hydroxylation is 2. The number of hydrogen-bond acceptors (Lipinski definition) is 4. The zero-order valence-electron chi connectivity index (χ0n) is 11.6. The second kappa shape index (κ2) is 5.53. The molecule has 4 heteroatoms. The van der Waals surface area contributed by atoms with Gasteiger partial charge >= 0.3 is 0 Å². The first-order valence-electron chi connectivity index (χ1n) is 6.12. The maximum atomic E-state index is 11.2. The predicted octanol–water partition coefficient (Wildman–Crippen LogP) is 3.57. The molecule has 0 fully saturated rings. The number of ketones is 1. The van der Waals surface area contributed by atoms with E-state index in [9.17, 15) is 4.79 Å². The summed E-state index contributed by atoms with van der Waals surface area (Å²) in [6.07, 6.45) is 0.456. The number of methoxy groups -OCH3 is 1. The first-order chi connectivity index (χ1) is 9.01. The van der Waals surface area contributed by atoms with Gasteiger partial charge in [-0.3, -0.25) is 4.79 Å². The Bertz CT molecular complexity index is 617. The van der Waals surface area contributed by atoms with Crippen LogP contribution in [-0.4, -0.2) is 17.9 Å². The molecule has 0 amide bonds. The fourth-order valence-corrected chi connectivity index (χ4v) is 3.08. The van der Waals surface area contributed by atoms with E-state index in [-0.39, 0.29) is 5.78 Å². The number of carbonyl (C=O) groups excluding carboxylic acids is 1. The minimum absolute atomic E-state index is 0.162. The van der Waals surface area contributed by atoms with Gasteiger partial charge in [-0.1, -0.05) is 11.6 Å². The molecule has 0 unspecified atom stereocenters. The summed E-state index contributed by atoms with van der Waals surface area (Å²) in [5.74, 6) is 0.975. The zero-order valence-corrected chi connectivity index (χ0v) is 12.4. The molecule has 0 N–H and O–H groups in total. The fourth-order valence-electron chi connectivity index (χ4n) is 1.92. The molecule has 1 heterocycles. The van der Waals surface area contributed by atoms with Gasteiger partial charge in [-0.25, -0.2) is 4.98 Å². The fraction of sp³-hybridized carbons (Fsp3) is 0.333. The van der Waals surface area contributed by atoms with E-state index in [0.717, 1.165) is 32.5 Å². The summed E-state index contributed by atoms with van der Waals surface area (Å²) in [6.45, 7) is 5.59. The Balaban J connectivity index is 2.47. The Labute approximate surface area is 117 Å². The van der Waals surface area contributed by atoms with Gasteiger partial charge < -0.3 is 4.74 Å². The topological polar surface area (TPSA) is 39.2 Å². The molecular weight excluding hydrogens is 258 g/mol. The van der Waals surface area contributed by atoms with Crippen molar-refractivity contribution in [3.8, 4) is 16.3 Å². The molecule has 0 saturated carbocycles. The molecule has 100 valence electrons. The van der Waals surface area contributed by atoms with E-state index >= 15 is 0 Å². The molecule has 0 aliphatic rings. The lowest BCUT2D eigenvalue weighted by atomic mass is 10.1. The van der Waals surface area contributed by atoms with Crippen LogP contribution in [0, 0.1) is 13.8 Å². The maximum absolute atomic E-state index is 11.2. The summed E-state index contributed by atoms with van der Waals surface area (Å²) in [5, 5.41) is 0.911. The van der Waals surface area contributed by atoms with E-state index in [1.807, 2.05) is 26.0 Å². The molecule has 0 radical (unpaired) electrons. The number of carbonyl (C=O) groups is 1. The van der Waals surface area contributed by atoms with Crippen LogP contribution in [0.4, 0.5) is 0 Å². The third-order valence-electron chi connectivity index (χ3n) is 2.89. The third-order valence-corrected chi connectivity index (χ3v) is 4.08. The lowest BCUT2D eigenvalue weighted by Crippen LogP contribution is -1.95. The quantitative estimate of drug-likeness (QED) is 0.856. The van der Waals surface area contributed by atoms with Gasteiger partial charge in [-0.15, -0.1) is 11.3 Å². The van der Waals surface area contributed by atoms with Gasteiger partial charge in [0.15, 0.2) is 0 Å². The summed E-state index contributed by atoms with van der Waals surface area (Å²) < 4.78 is 5.38. The lowest BCUT2D eigenvalue weighted by molar-refractivity contribution is -0.116. The highest BCUT2D eigenvalue weighted by molar-refractivity contribution is 7.15. The molecule has 1 aromatic carbocycles. The third kappa shape index (κ3) is 3.01. The predicted molar refractivity (Wildman–Crippen MR) is 78.0 cm³/mol. The highest BCUT2D eigenvalue weighted by atomic mass is 32.1. The highest BCUT2D eigenvalue weighted by Gasteiger charge is 2.14. The minimum Gasteiger partial charge on any atom is -0.496 e. The van der Waals surface area contributed by atoms with Crippen molar-refractivity contribution < 1.29 is 9.53 Å². The molecule has 0 spiro atoms. The van der Waals surface area contributed by atoms with Crippen molar-refractivity contribution in [3.05, 3.63) is 34.3 Å². The minimum atomic E-state index is 0.162. The van der Waals surface area contributed by atoms with Crippen LogP contribution in [0.25, 0.3) is 10.6 Å². The Kier molecular flexibility index (Phi) is 4.00. The SMILES string of the molecule is COc1ccc(C)cc1-c1nc(C)c(CC(C)=O)s1. The maximum Gasteiger partial charge on any atom is 0.135 e. The van der Waals surface area contributed by atoms with E-state index < -0.39 is 0 Å². The average molecular weight is 275 g/mol. The van der Waals surface area contributed by atoms with Gasteiger partial charge in [0.1, 0.15) is 16.5 Å². The van der Waals surface area contributed by atoms with Crippen LogP contribution >= 0.6 is 11.3 Å². The number of rotatable bonds is 4. The van der Waals surface area contributed by atoms with Crippen LogP contribution in [0.1, 0.15) is 23.1 Å². The van der Waals surface area contributed by atoms with E-state index in [1.165, 1.54) is 0 Å². The monoisotopic (exact) mass is 275 g/mol. The van der Waals surface area contributed by atoms with Gasteiger partial charge in [-0.2, -0.15) is 0 Å². The summed E-state index contributed by atoms with van der Waals surface area (Å²) in [4.78, 5) is 16.8. The van der Waals surface area contributed by atoms with E-state index in [2.05, 4.69) is 11.1 Å². The van der Waals surface area contributed by atoms with Gasteiger partial charge in [-0.05, 0) is 32.9 Å². The van der Waals surface area contributed by atoms with Crippen molar-refractivity contribution in [2.24, 2.45) is 0 Å². The van der Waals surface area contributed by atoms with Crippen molar-refractivity contribution in [1.82, 2.24) is 4.98 Å². The molecule has 0 aliphatic carbocycles. The normalized spacial score (nSPS) is 10.5. The Morgan fingerprint density at radius 3 is 2.74 bits per heavy atom. The number of ether oxygens (including phenoxy) is 1. The van der Waals surface area contributed by atoms with Gasteiger partial charge in [0, 0.05) is 11.3 Å². The van der Waals surface area contributed by atoms with E-state index in [4.69, 9.17) is 4.74 Å². The summed E-state index contributed by atoms with van der Waals surface area (Å²) >= 11 is 1.57. The molecule has 19 heavy (non-hydrogen) atoms. The Hall–Kier alpha value is -1.68. The van der Waals surface area contributed by atoms with Gasteiger partial charge in [0.2, 0.25) is 0 Å². The molecule has 0 aliphatic heterocycles. The zero-order chi connectivity index (χ0) is 14.0. The second-order valence-electron chi connectivity index (χ2n) is 4.61. The van der Waals surface area contributed by atoms with Crippen molar-refractivity contribution in [2.75, 3.05) is 7.11 Å². The summed E-state index contributed by atoms with van der Waals surface area (Å²) in [6, 6.07) is 6.03. The van der Waals surface area contributed by atoms with Crippen LogP contribution in [0.2, 0.25) is 0 Å². The van der Waals surface area contributed by atoms with Crippen molar-refractivity contribution >= 4 is 17.1 Å². The molecule has 2 rings (SSSR count). The Morgan fingerprint density at radius 1 is 1.37 bits per heavy atom. The molecule has 2 aromatic rings. The largest absolute Gasteiger partial charge is 0.496 e. The molecule has 0 bridgehead atoms. The highest BCUT2D eigenvalue weighted by Crippen LogP contribution is 2.35. The van der Waals surface area contributed by atoms with Crippen molar-refractivity contribution in [1.29, 1.82) is 0 Å². The molecule has 0 atom stereocenters.